The number of carboxylic acids is 2. The molecule has 3 N–H and O–H groups in total. The summed E-state index contributed by atoms with van der Waals surface area (Å²) in [5.74, 6) is -0.913. The molecule has 0 spiro atoms. The van der Waals surface area contributed by atoms with Crippen molar-refractivity contribution in [2.24, 2.45) is 0 Å². The van der Waals surface area contributed by atoms with Crippen molar-refractivity contribution in [2.45, 2.75) is 19.3 Å². The quantitative estimate of drug-likeness (QED) is 0.647. The summed E-state index contributed by atoms with van der Waals surface area (Å²) in [4.78, 5) is 21.5. The lowest BCUT2D eigenvalue weighted by molar-refractivity contribution is -0.134. The van der Waals surface area contributed by atoms with Gasteiger partial charge in [0.2, 0.25) is 0 Å². The summed E-state index contributed by atoms with van der Waals surface area (Å²) in [6.45, 7) is 7.82. The van der Waals surface area contributed by atoms with E-state index in [1.807, 2.05) is 0 Å². The van der Waals surface area contributed by atoms with Gasteiger partial charge < -0.3 is 29.9 Å². The van der Waals surface area contributed by atoms with Crippen LogP contribution < -0.4 is 15.0 Å². The van der Waals surface area contributed by atoms with Gasteiger partial charge in [-0.15, -0.1) is 0 Å². The minimum atomic E-state index is -1.26. The molecule has 154 valence electrons. The molecule has 0 aromatic heterocycles. The Balaban J connectivity index is 0.000000300. The van der Waals surface area contributed by atoms with Crippen molar-refractivity contribution in [3.05, 3.63) is 35.4 Å². The third-order valence-electron chi connectivity index (χ3n) is 4.67. The molecule has 0 saturated heterocycles. The number of nitrogens with one attached hydrogen (secondary N) is 1. The second-order valence-electron chi connectivity index (χ2n) is 6.71. The van der Waals surface area contributed by atoms with E-state index < -0.39 is 11.9 Å². The Morgan fingerprint density at radius 2 is 2.04 bits per heavy atom. The predicted octanol–water partition coefficient (Wildman–Crippen LogP) is 1.49. The van der Waals surface area contributed by atoms with Gasteiger partial charge in [0.25, 0.3) is 0 Å². The van der Waals surface area contributed by atoms with Crippen LogP contribution in [0.4, 0.5) is 5.69 Å². The van der Waals surface area contributed by atoms with Crippen molar-refractivity contribution in [1.82, 2.24) is 5.32 Å². The van der Waals surface area contributed by atoms with Crippen molar-refractivity contribution >= 4 is 17.6 Å². The van der Waals surface area contributed by atoms with E-state index in [4.69, 9.17) is 19.7 Å². The maximum Gasteiger partial charge on any atom is 0.328 e. The molecule has 1 aromatic carbocycles. The second-order valence-corrected chi connectivity index (χ2v) is 6.71. The standard InChI is InChI=1S/C16H24N2O2.C4H4O4/c1-12-11-17-4-3-13-9-16-15(10-14(12)13)18(5-7-19-2)6-8-20-16;5-3(6)1-2-4(7)8/h9-10,12,17H,3-8,11H2,1-2H3;1-2H,(H,5,6)(H,7,8)/b;2-1+. The van der Waals surface area contributed by atoms with Gasteiger partial charge in [0, 0.05) is 32.4 Å². The molecule has 0 bridgehead atoms. The van der Waals surface area contributed by atoms with Gasteiger partial charge in [-0.3, -0.25) is 0 Å². The van der Waals surface area contributed by atoms with Crippen molar-refractivity contribution < 1.29 is 29.3 Å². The number of benzene rings is 1. The minimum Gasteiger partial charge on any atom is -0.490 e. The molecule has 3 rings (SSSR count). The highest BCUT2D eigenvalue weighted by molar-refractivity contribution is 5.89. The Morgan fingerprint density at radius 3 is 2.68 bits per heavy atom. The fraction of sp³-hybridized carbons (Fsp3) is 0.500. The third kappa shape index (κ3) is 6.24. The van der Waals surface area contributed by atoms with Gasteiger partial charge in [0.15, 0.2) is 0 Å². The monoisotopic (exact) mass is 392 g/mol. The van der Waals surface area contributed by atoms with E-state index >= 15 is 0 Å². The summed E-state index contributed by atoms with van der Waals surface area (Å²) in [5, 5.41) is 19.1. The Bertz CT molecular complexity index is 703. The summed E-state index contributed by atoms with van der Waals surface area (Å²) in [6.07, 6.45) is 2.21. The molecule has 2 aliphatic rings. The Labute approximate surface area is 164 Å². The molecule has 0 fully saturated rings. The van der Waals surface area contributed by atoms with Gasteiger partial charge in [-0.1, -0.05) is 6.92 Å². The van der Waals surface area contributed by atoms with Crippen LogP contribution in [-0.4, -0.2) is 68.7 Å². The Morgan fingerprint density at radius 1 is 1.32 bits per heavy atom. The average molecular weight is 392 g/mol. The molecular formula is C20H28N2O6. The fourth-order valence-electron chi connectivity index (χ4n) is 3.28. The third-order valence-corrected chi connectivity index (χ3v) is 4.67. The zero-order chi connectivity index (χ0) is 20.5. The lowest BCUT2D eigenvalue weighted by atomic mass is 9.94. The molecule has 8 nitrogen and oxygen atoms in total. The van der Waals surface area contributed by atoms with Gasteiger partial charge in [-0.2, -0.15) is 0 Å². The van der Waals surface area contributed by atoms with Crippen LogP contribution in [0.3, 0.4) is 0 Å². The molecule has 2 aliphatic heterocycles. The maximum atomic E-state index is 9.55. The highest BCUT2D eigenvalue weighted by atomic mass is 16.5. The van der Waals surface area contributed by atoms with Crippen LogP contribution in [0.25, 0.3) is 0 Å². The number of fused-ring (bicyclic) bond motifs is 2. The van der Waals surface area contributed by atoms with Crippen molar-refractivity contribution in [1.29, 1.82) is 0 Å². The van der Waals surface area contributed by atoms with E-state index in [2.05, 4.69) is 29.3 Å². The highest BCUT2D eigenvalue weighted by Gasteiger charge is 2.23. The molecule has 0 aliphatic carbocycles. The lowest BCUT2D eigenvalue weighted by Gasteiger charge is -2.32. The van der Waals surface area contributed by atoms with Crippen LogP contribution in [0.1, 0.15) is 24.0 Å². The maximum absolute atomic E-state index is 9.55. The van der Waals surface area contributed by atoms with Gasteiger partial charge in [0.05, 0.1) is 18.8 Å². The zero-order valence-corrected chi connectivity index (χ0v) is 16.3. The van der Waals surface area contributed by atoms with Crippen LogP contribution in [0.5, 0.6) is 5.75 Å². The minimum absolute atomic E-state index is 0.558. The van der Waals surface area contributed by atoms with Crippen molar-refractivity contribution in [3.8, 4) is 5.75 Å². The summed E-state index contributed by atoms with van der Waals surface area (Å²) in [5.41, 5.74) is 4.15. The van der Waals surface area contributed by atoms with Gasteiger partial charge in [-0.25, -0.2) is 9.59 Å². The molecule has 1 unspecified atom stereocenters. The molecule has 2 heterocycles. The number of nitrogens with zero attached hydrogens (tertiary/aromatic N) is 1. The smallest absolute Gasteiger partial charge is 0.328 e. The fourth-order valence-corrected chi connectivity index (χ4v) is 3.28. The van der Waals surface area contributed by atoms with E-state index in [-0.39, 0.29) is 0 Å². The molecular weight excluding hydrogens is 364 g/mol. The summed E-state index contributed by atoms with van der Waals surface area (Å²) < 4.78 is 11.1. The molecule has 8 heteroatoms. The second kappa shape index (κ2) is 10.7. The van der Waals surface area contributed by atoms with Gasteiger partial charge in [0.1, 0.15) is 12.4 Å². The van der Waals surface area contributed by atoms with E-state index in [0.717, 1.165) is 51.6 Å². The molecule has 0 saturated carbocycles. The summed E-state index contributed by atoms with van der Waals surface area (Å²) in [7, 11) is 1.76. The van der Waals surface area contributed by atoms with Crippen LogP contribution in [-0.2, 0) is 20.7 Å². The molecule has 1 atom stereocenters. The summed E-state index contributed by atoms with van der Waals surface area (Å²) in [6, 6.07) is 4.60. The lowest BCUT2D eigenvalue weighted by Crippen LogP contribution is -2.35. The number of methoxy groups -OCH3 is 1. The van der Waals surface area contributed by atoms with Crippen LogP contribution >= 0.6 is 0 Å². The first kappa shape index (κ1) is 21.7. The first-order valence-electron chi connectivity index (χ1n) is 9.30. The summed E-state index contributed by atoms with van der Waals surface area (Å²) >= 11 is 0. The van der Waals surface area contributed by atoms with Gasteiger partial charge in [-0.05, 0) is 42.1 Å². The average Bonchev–Trinajstić information content (AvgIpc) is 2.85. The highest BCUT2D eigenvalue weighted by Crippen LogP contribution is 2.37. The number of rotatable bonds is 5. The molecule has 0 amide bonds. The first-order chi connectivity index (χ1) is 13.4. The number of ether oxygens (including phenoxy) is 2. The number of hydrogen-bond donors (Lipinski definition) is 3. The number of hydrogen-bond acceptors (Lipinski definition) is 6. The normalized spacial score (nSPS) is 18.2. The van der Waals surface area contributed by atoms with E-state index in [9.17, 15) is 9.59 Å². The topological polar surface area (TPSA) is 108 Å². The van der Waals surface area contributed by atoms with E-state index in [1.54, 1.807) is 7.11 Å². The van der Waals surface area contributed by atoms with Crippen LogP contribution in [0.2, 0.25) is 0 Å². The van der Waals surface area contributed by atoms with Gasteiger partial charge >= 0.3 is 11.9 Å². The Hall–Kier alpha value is -2.58. The largest absolute Gasteiger partial charge is 0.490 e. The van der Waals surface area contributed by atoms with Crippen LogP contribution in [0, 0.1) is 0 Å². The van der Waals surface area contributed by atoms with E-state index in [0.29, 0.717) is 18.1 Å². The Kier molecular flexibility index (Phi) is 8.28. The van der Waals surface area contributed by atoms with Crippen molar-refractivity contribution in [2.75, 3.05) is 51.4 Å². The van der Waals surface area contributed by atoms with E-state index in [1.165, 1.54) is 16.8 Å². The SMILES string of the molecule is COCCN1CCOc2cc3c(cc21)C(C)CNCC3.O=C(O)/C=C/C(=O)O. The predicted molar refractivity (Wildman–Crippen MR) is 105 cm³/mol. The van der Waals surface area contributed by atoms with Crippen LogP contribution in [0.15, 0.2) is 24.3 Å². The zero-order valence-electron chi connectivity index (χ0n) is 16.3. The number of anilines is 1. The van der Waals surface area contributed by atoms with Crippen molar-refractivity contribution in [3.63, 3.8) is 0 Å². The molecule has 0 radical (unpaired) electrons. The molecule has 28 heavy (non-hydrogen) atoms. The number of carbonyl (C=O) groups is 2. The first-order valence-corrected chi connectivity index (χ1v) is 9.30. The molecule has 1 aromatic rings. The number of carboxylic acid groups (broad SMARTS) is 2. The number of aliphatic carboxylic acids is 2.